The van der Waals surface area contributed by atoms with E-state index in [1.165, 1.54) is 18.2 Å². The average molecular weight is 375 g/mol. The molecule has 26 heavy (non-hydrogen) atoms. The van der Waals surface area contributed by atoms with Crippen LogP contribution in [0, 0.1) is 5.82 Å². The number of aliphatic imine (C=N–C) groups is 1. The lowest BCUT2D eigenvalue weighted by Crippen LogP contribution is -2.33. The Morgan fingerprint density at radius 2 is 2.19 bits per heavy atom. The minimum absolute atomic E-state index is 0.175. The highest BCUT2D eigenvalue weighted by atomic mass is 35.5. The van der Waals surface area contributed by atoms with Crippen molar-refractivity contribution in [2.45, 2.75) is 19.9 Å². The van der Waals surface area contributed by atoms with Gasteiger partial charge in [0, 0.05) is 28.7 Å². The van der Waals surface area contributed by atoms with Crippen LogP contribution in [0.1, 0.15) is 31.1 Å². The van der Waals surface area contributed by atoms with Gasteiger partial charge in [-0.25, -0.2) is 14.2 Å². The van der Waals surface area contributed by atoms with Crippen LogP contribution in [0.2, 0.25) is 5.02 Å². The number of nitrogens with one attached hydrogen (secondary N) is 1. The number of ether oxygens (including phenoxy) is 1. The molecule has 0 bridgehead atoms. The molecule has 0 aliphatic carbocycles. The van der Waals surface area contributed by atoms with Crippen molar-refractivity contribution in [1.29, 1.82) is 0 Å². The zero-order valence-electron chi connectivity index (χ0n) is 14.2. The van der Waals surface area contributed by atoms with E-state index in [9.17, 15) is 9.18 Å². The lowest BCUT2D eigenvalue weighted by Gasteiger charge is -2.26. The molecule has 0 amide bonds. The lowest BCUT2D eigenvalue weighted by atomic mass is 9.95. The van der Waals surface area contributed by atoms with E-state index in [-0.39, 0.29) is 11.6 Å². The first-order valence-corrected chi connectivity index (χ1v) is 8.33. The first-order valence-electron chi connectivity index (χ1n) is 7.95. The highest BCUT2D eigenvalue weighted by Gasteiger charge is 2.32. The Balaban J connectivity index is 2.12. The van der Waals surface area contributed by atoms with Crippen LogP contribution in [-0.4, -0.2) is 28.4 Å². The van der Waals surface area contributed by atoms with Crippen LogP contribution in [0.5, 0.6) is 0 Å². The predicted molar refractivity (Wildman–Crippen MR) is 95.2 cm³/mol. The fourth-order valence-electron chi connectivity index (χ4n) is 2.65. The molecule has 1 atom stereocenters. The molecule has 0 radical (unpaired) electrons. The predicted octanol–water partition coefficient (Wildman–Crippen LogP) is 3.20. The summed E-state index contributed by atoms with van der Waals surface area (Å²) in [7, 11) is 0. The summed E-state index contributed by atoms with van der Waals surface area (Å²) in [4.78, 5) is 25.3. The second-order valence-corrected chi connectivity index (χ2v) is 5.93. The zero-order valence-corrected chi connectivity index (χ0v) is 14.9. The van der Waals surface area contributed by atoms with E-state index < -0.39 is 17.8 Å². The third-order valence-corrected chi connectivity index (χ3v) is 4.13. The number of hydrogen-bond donors (Lipinski definition) is 1. The molecule has 2 aromatic rings. The van der Waals surface area contributed by atoms with Gasteiger partial charge in [-0.1, -0.05) is 17.7 Å². The topological polar surface area (TPSA) is 76.5 Å². The number of amidine groups is 1. The van der Waals surface area contributed by atoms with E-state index in [4.69, 9.17) is 16.3 Å². The molecular weight excluding hydrogens is 359 g/mol. The molecule has 1 aromatic heterocycles. The van der Waals surface area contributed by atoms with Gasteiger partial charge in [0.15, 0.2) is 5.84 Å². The molecule has 8 heteroatoms. The molecule has 2 heterocycles. The Bertz CT molecular complexity index is 899. The second-order valence-electron chi connectivity index (χ2n) is 5.52. The third-order valence-electron chi connectivity index (χ3n) is 3.80. The number of carbonyl (C=O) groups excluding carboxylic acids is 1. The lowest BCUT2D eigenvalue weighted by molar-refractivity contribution is -0.138. The maximum atomic E-state index is 13.5. The summed E-state index contributed by atoms with van der Waals surface area (Å²) >= 11 is 6.22. The number of hydrogen-bond acceptors (Lipinski definition) is 6. The summed E-state index contributed by atoms with van der Waals surface area (Å²) in [6.07, 6.45) is 4.64. The summed E-state index contributed by atoms with van der Waals surface area (Å²) in [5, 5.41) is 3.24. The van der Waals surface area contributed by atoms with Crippen LogP contribution in [-0.2, 0) is 9.53 Å². The second kappa shape index (κ2) is 7.61. The molecule has 1 aliphatic rings. The smallest absolute Gasteiger partial charge is 0.338 e. The van der Waals surface area contributed by atoms with Gasteiger partial charge >= 0.3 is 5.97 Å². The molecule has 134 valence electrons. The van der Waals surface area contributed by atoms with Gasteiger partial charge in [-0.2, -0.15) is 0 Å². The van der Waals surface area contributed by atoms with Crippen molar-refractivity contribution in [3.63, 3.8) is 0 Å². The number of rotatable bonds is 4. The van der Waals surface area contributed by atoms with Gasteiger partial charge in [0.1, 0.15) is 17.6 Å². The molecule has 0 saturated heterocycles. The first kappa shape index (κ1) is 18.0. The van der Waals surface area contributed by atoms with E-state index in [0.29, 0.717) is 28.4 Å². The van der Waals surface area contributed by atoms with Crippen LogP contribution < -0.4 is 5.32 Å². The summed E-state index contributed by atoms with van der Waals surface area (Å²) in [6.45, 7) is 3.68. The number of halogens is 2. The maximum Gasteiger partial charge on any atom is 0.338 e. The van der Waals surface area contributed by atoms with Crippen molar-refractivity contribution in [3.05, 3.63) is 70.2 Å². The molecule has 3 rings (SSSR count). The third kappa shape index (κ3) is 3.57. The molecular formula is C18H16ClFN4O2. The molecule has 6 nitrogen and oxygen atoms in total. The van der Waals surface area contributed by atoms with Gasteiger partial charge in [-0.3, -0.25) is 9.98 Å². The average Bonchev–Trinajstić information content (AvgIpc) is 2.62. The van der Waals surface area contributed by atoms with Crippen molar-refractivity contribution in [1.82, 2.24) is 15.3 Å². The highest BCUT2D eigenvalue weighted by molar-refractivity contribution is 6.31. The zero-order chi connectivity index (χ0) is 18.7. The van der Waals surface area contributed by atoms with Crippen LogP contribution in [0.3, 0.4) is 0 Å². The standard InChI is InChI=1S/C18H16ClFN4O2/c1-3-26-18(25)15-10(2)23-17(14-9-21-6-7-22-14)24-16(15)12-5-4-11(20)8-13(12)19/h4-9,16H,3H2,1-2H3,(H,23,24). The van der Waals surface area contributed by atoms with E-state index >= 15 is 0 Å². The summed E-state index contributed by atoms with van der Waals surface area (Å²) < 4.78 is 18.6. The van der Waals surface area contributed by atoms with Gasteiger partial charge in [0.05, 0.1) is 18.4 Å². The van der Waals surface area contributed by atoms with Crippen molar-refractivity contribution in [2.24, 2.45) is 4.99 Å². The fraction of sp³-hybridized carbons (Fsp3) is 0.222. The Labute approximate surface area is 154 Å². The van der Waals surface area contributed by atoms with Crippen molar-refractivity contribution >= 4 is 23.4 Å². The molecule has 0 spiro atoms. The summed E-state index contributed by atoms with van der Waals surface area (Å²) in [6, 6.07) is 3.23. The van der Waals surface area contributed by atoms with Crippen LogP contribution >= 0.6 is 11.6 Å². The van der Waals surface area contributed by atoms with Gasteiger partial charge in [0.2, 0.25) is 0 Å². The number of nitrogens with zero attached hydrogens (tertiary/aromatic N) is 3. The number of benzene rings is 1. The molecule has 1 unspecified atom stereocenters. The van der Waals surface area contributed by atoms with Crippen molar-refractivity contribution < 1.29 is 13.9 Å². The number of esters is 1. The number of allylic oxidation sites excluding steroid dienone is 1. The Hall–Kier alpha value is -2.80. The van der Waals surface area contributed by atoms with E-state index in [1.807, 2.05) is 0 Å². The van der Waals surface area contributed by atoms with Gasteiger partial charge in [-0.05, 0) is 26.0 Å². The Kier molecular flexibility index (Phi) is 5.27. The Morgan fingerprint density at radius 3 is 2.85 bits per heavy atom. The maximum absolute atomic E-state index is 13.5. The van der Waals surface area contributed by atoms with Gasteiger partial charge in [0.25, 0.3) is 0 Å². The van der Waals surface area contributed by atoms with Crippen LogP contribution in [0.4, 0.5) is 4.39 Å². The normalized spacial score (nSPS) is 16.8. The van der Waals surface area contributed by atoms with Crippen LogP contribution in [0.25, 0.3) is 0 Å². The van der Waals surface area contributed by atoms with E-state index in [2.05, 4.69) is 20.3 Å². The first-order chi connectivity index (χ1) is 12.5. The minimum atomic E-state index is -0.750. The monoisotopic (exact) mass is 374 g/mol. The summed E-state index contributed by atoms with van der Waals surface area (Å²) in [5.74, 6) is -0.539. The van der Waals surface area contributed by atoms with E-state index in [0.717, 1.165) is 0 Å². The van der Waals surface area contributed by atoms with Crippen molar-refractivity contribution in [3.8, 4) is 0 Å². The minimum Gasteiger partial charge on any atom is -0.463 e. The largest absolute Gasteiger partial charge is 0.463 e. The number of aromatic nitrogens is 2. The number of carbonyl (C=O) groups is 1. The fourth-order valence-corrected chi connectivity index (χ4v) is 2.92. The van der Waals surface area contributed by atoms with Gasteiger partial charge < -0.3 is 10.1 Å². The SMILES string of the molecule is CCOC(=O)C1=C(C)NC(c2cnccn2)=NC1c1ccc(F)cc1Cl. The Morgan fingerprint density at radius 1 is 1.38 bits per heavy atom. The van der Waals surface area contributed by atoms with Crippen molar-refractivity contribution in [2.75, 3.05) is 6.61 Å². The molecule has 0 fully saturated rings. The summed E-state index contributed by atoms with van der Waals surface area (Å²) in [5.41, 5.74) is 1.88. The quantitative estimate of drug-likeness (QED) is 0.832. The highest BCUT2D eigenvalue weighted by Crippen LogP contribution is 2.36. The van der Waals surface area contributed by atoms with E-state index in [1.54, 1.807) is 32.4 Å². The molecule has 1 aromatic carbocycles. The molecule has 1 N–H and O–H groups in total. The van der Waals surface area contributed by atoms with Gasteiger partial charge in [-0.15, -0.1) is 0 Å². The molecule has 0 saturated carbocycles. The van der Waals surface area contributed by atoms with Crippen LogP contribution in [0.15, 0.2) is 53.1 Å². The molecule has 1 aliphatic heterocycles.